The number of sulfone groups is 1. The normalized spacial score (nSPS) is 14.1. The molecule has 1 atom stereocenters. The summed E-state index contributed by atoms with van der Waals surface area (Å²) in [4.78, 5) is 15.9. The van der Waals surface area contributed by atoms with Gasteiger partial charge in [-0.1, -0.05) is 32.9 Å². The summed E-state index contributed by atoms with van der Waals surface area (Å²) in [6.45, 7) is 9.22. The van der Waals surface area contributed by atoms with Crippen molar-refractivity contribution in [2.75, 3.05) is 0 Å². The zero-order valence-electron chi connectivity index (χ0n) is 13.8. The molecule has 0 aliphatic carbocycles. The van der Waals surface area contributed by atoms with Gasteiger partial charge in [0.1, 0.15) is 5.25 Å². The molecule has 1 N–H and O–H groups in total. The molecule has 2 heterocycles. The van der Waals surface area contributed by atoms with Gasteiger partial charge in [-0.05, 0) is 13.3 Å². The molecule has 23 heavy (non-hydrogen) atoms. The van der Waals surface area contributed by atoms with Crippen molar-refractivity contribution in [3.05, 3.63) is 22.2 Å². The van der Waals surface area contributed by atoms with Crippen molar-refractivity contribution in [3.63, 3.8) is 0 Å². The van der Waals surface area contributed by atoms with Crippen LogP contribution in [0.1, 0.15) is 58.0 Å². The minimum atomic E-state index is -3.93. The van der Waals surface area contributed by atoms with Crippen LogP contribution in [-0.4, -0.2) is 33.3 Å². The Morgan fingerprint density at radius 1 is 1.35 bits per heavy atom. The Bertz CT molecular complexity index is 840. The molecule has 0 aromatic carbocycles. The molecule has 2 rings (SSSR count). The molecule has 0 saturated heterocycles. The molecule has 128 valence electrons. The van der Waals surface area contributed by atoms with E-state index in [1.165, 1.54) is 6.92 Å². The SMILES string of the molecule is CCCn1c(S(=O)(=O)C(C)c2nc(C(C)(C)C)no2)n[nH]c1=O. The predicted octanol–water partition coefficient (Wildman–Crippen LogP) is 1.20. The lowest BCUT2D eigenvalue weighted by molar-refractivity contribution is 0.361. The van der Waals surface area contributed by atoms with Crippen molar-refractivity contribution in [3.8, 4) is 0 Å². The first-order valence-corrected chi connectivity index (χ1v) is 8.86. The maximum atomic E-state index is 12.7. The lowest BCUT2D eigenvalue weighted by Crippen LogP contribution is -2.23. The third-order valence-electron chi connectivity index (χ3n) is 3.35. The Balaban J connectivity index is 2.44. The number of aromatic amines is 1. The summed E-state index contributed by atoms with van der Waals surface area (Å²) >= 11 is 0. The van der Waals surface area contributed by atoms with Gasteiger partial charge in [0, 0.05) is 12.0 Å². The van der Waals surface area contributed by atoms with E-state index < -0.39 is 20.8 Å². The van der Waals surface area contributed by atoms with Crippen LogP contribution < -0.4 is 5.69 Å². The largest absolute Gasteiger partial charge is 0.344 e. The highest BCUT2D eigenvalue weighted by molar-refractivity contribution is 7.91. The van der Waals surface area contributed by atoms with Gasteiger partial charge in [0.05, 0.1) is 0 Å². The van der Waals surface area contributed by atoms with Crippen LogP contribution in [-0.2, 0) is 21.8 Å². The van der Waals surface area contributed by atoms with Gasteiger partial charge in [-0.15, -0.1) is 5.10 Å². The van der Waals surface area contributed by atoms with Gasteiger partial charge in [-0.3, -0.25) is 4.57 Å². The summed E-state index contributed by atoms with van der Waals surface area (Å²) in [5.41, 5.74) is -0.916. The van der Waals surface area contributed by atoms with E-state index >= 15 is 0 Å². The standard InChI is InChI=1S/C13H21N5O4S/c1-6-7-18-11(19)15-16-12(18)23(20,21)8(2)9-14-10(17-22-9)13(3,4)5/h8H,6-7H2,1-5H3,(H,15,19). The molecule has 0 aliphatic heterocycles. The van der Waals surface area contributed by atoms with Crippen LogP contribution >= 0.6 is 0 Å². The second-order valence-electron chi connectivity index (χ2n) is 6.36. The van der Waals surface area contributed by atoms with Crippen LogP contribution in [0.3, 0.4) is 0 Å². The topological polar surface area (TPSA) is 124 Å². The van der Waals surface area contributed by atoms with E-state index in [9.17, 15) is 13.2 Å². The van der Waals surface area contributed by atoms with E-state index in [4.69, 9.17) is 4.52 Å². The van der Waals surface area contributed by atoms with Crippen molar-refractivity contribution in [2.24, 2.45) is 0 Å². The van der Waals surface area contributed by atoms with Crippen LogP contribution in [0.5, 0.6) is 0 Å². The fourth-order valence-corrected chi connectivity index (χ4v) is 3.27. The van der Waals surface area contributed by atoms with Gasteiger partial charge in [-0.2, -0.15) is 4.98 Å². The molecule has 0 radical (unpaired) electrons. The molecule has 1 unspecified atom stereocenters. The zero-order chi connectivity index (χ0) is 17.4. The molecule has 2 aromatic rings. The highest BCUT2D eigenvalue weighted by Crippen LogP contribution is 2.28. The molecular formula is C13H21N5O4S. The number of aromatic nitrogens is 5. The van der Waals surface area contributed by atoms with Gasteiger partial charge < -0.3 is 4.52 Å². The third kappa shape index (κ3) is 3.21. The van der Waals surface area contributed by atoms with Crippen LogP contribution in [0.25, 0.3) is 0 Å². The fraction of sp³-hybridized carbons (Fsp3) is 0.692. The Morgan fingerprint density at radius 2 is 2.00 bits per heavy atom. The van der Waals surface area contributed by atoms with Gasteiger partial charge >= 0.3 is 5.69 Å². The second kappa shape index (κ2) is 5.91. The summed E-state index contributed by atoms with van der Waals surface area (Å²) in [6.07, 6.45) is 0.602. The Labute approximate surface area is 134 Å². The smallest absolute Gasteiger partial charge is 0.338 e. The molecule has 10 heteroatoms. The minimum Gasteiger partial charge on any atom is -0.338 e. The first-order valence-electron chi connectivity index (χ1n) is 7.32. The van der Waals surface area contributed by atoms with E-state index in [0.29, 0.717) is 12.2 Å². The van der Waals surface area contributed by atoms with Crippen LogP contribution in [0.15, 0.2) is 14.5 Å². The molecule has 0 saturated carbocycles. The minimum absolute atomic E-state index is 0.0200. The molecule has 0 spiro atoms. The van der Waals surface area contributed by atoms with E-state index in [1.807, 2.05) is 27.7 Å². The highest BCUT2D eigenvalue weighted by Gasteiger charge is 2.35. The molecule has 9 nitrogen and oxygen atoms in total. The van der Waals surface area contributed by atoms with Crippen LogP contribution in [0.4, 0.5) is 0 Å². The quantitative estimate of drug-likeness (QED) is 0.864. The second-order valence-corrected chi connectivity index (χ2v) is 8.52. The maximum Gasteiger partial charge on any atom is 0.344 e. The van der Waals surface area contributed by atoms with Gasteiger partial charge in [0.25, 0.3) is 5.16 Å². The molecule has 0 bridgehead atoms. The number of hydrogen-bond donors (Lipinski definition) is 1. The predicted molar refractivity (Wildman–Crippen MR) is 81.7 cm³/mol. The monoisotopic (exact) mass is 343 g/mol. The number of nitrogens with one attached hydrogen (secondary N) is 1. The summed E-state index contributed by atoms with van der Waals surface area (Å²) in [7, 11) is -3.93. The first-order chi connectivity index (χ1) is 10.6. The van der Waals surface area contributed by atoms with Crippen molar-refractivity contribution in [2.45, 2.75) is 63.4 Å². The maximum absolute atomic E-state index is 12.7. The summed E-state index contributed by atoms with van der Waals surface area (Å²) in [6, 6.07) is 0. The lowest BCUT2D eigenvalue weighted by atomic mass is 9.96. The third-order valence-corrected chi connectivity index (χ3v) is 5.30. The lowest BCUT2D eigenvalue weighted by Gasteiger charge is -2.11. The number of hydrogen-bond acceptors (Lipinski definition) is 7. The molecule has 0 fully saturated rings. The molecule has 2 aromatic heterocycles. The van der Waals surface area contributed by atoms with Crippen molar-refractivity contribution >= 4 is 9.84 Å². The molecule has 0 aliphatic rings. The molecule has 0 amide bonds. The van der Waals surface area contributed by atoms with Crippen molar-refractivity contribution < 1.29 is 12.9 Å². The molecular weight excluding hydrogens is 322 g/mol. The first kappa shape index (κ1) is 17.4. The van der Waals surface area contributed by atoms with E-state index in [-0.39, 0.29) is 23.0 Å². The Kier molecular flexibility index (Phi) is 4.47. The highest BCUT2D eigenvalue weighted by atomic mass is 32.2. The summed E-state index contributed by atoms with van der Waals surface area (Å²) < 4.78 is 31.7. The average Bonchev–Trinajstić information content (AvgIpc) is 3.06. The zero-order valence-corrected chi connectivity index (χ0v) is 14.6. The van der Waals surface area contributed by atoms with Crippen LogP contribution in [0, 0.1) is 0 Å². The van der Waals surface area contributed by atoms with Gasteiger partial charge in [0.15, 0.2) is 5.82 Å². The number of nitrogens with zero attached hydrogens (tertiary/aromatic N) is 4. The summed E-state index contributed by atoms with van der Waals surface area (Å²) in [5, 5.41) is 8.25. The van der Waals surface area contributed by atoms with Gasteiger partial charge in [0.2, 0.25) is 15.7 Å². The van der Waals surface area contributed by atoms with Crippen LogP contribution in [0.2, 0.25) is 0 Å². The van der Waals surface area contributed by atoms with Crippen molar-refractivity contribution in [1.82, 2.24) is 24.9 Å². The fourth-order valence-electron chi connectivity index (χ4n) is 1.94. The average molecular weight is 343 g/mol. The van der Waals surface area contributed by atoms with E-state index in [2.05, 4.69) is 20.3 Å². The van der Waals surface area contributed by atoms with Crippen molar-refractivity contribution in [1.29, 1.82) is 0 Å². The Hall–Kier alpha value is -1.97. The number of rotatable bonds is 5. The van der Waals surface area contributed by atoms with E-state index in [1.54, 1.807) is 0 Å². The van der Waals surface area contributed by atoms with Gasteiger partial charge in [-0.25, -0.2) is 18.3 Å². The van der Waals surface area contributed by atoms with E-state index in [0.717, 1.165) is 4.57 Å². The Morgan fingerprint density at radius 3 is 2.52 bits per heavy atom. The summed E-state index contributed by atoms with van der Waals surface area (Å²) in [5.74, 6) is 0.399. The number of H-pyrrole nitrogens is 1.